The molecule has 4 rings (SSSR count). The number of piperidine rings is 1. The van der Waals surface area contributed by atoms with E-state index in [9.17, 15) is 0 Å². The zero-order valence-electron chi connectivity index (χ0n) is 14.1. The summed E-state index contributed by atoms with van der Waals surface area (Å²) in [4.78, 5) is 13.6. The quantitative estimate of drug-likeness (QED) is 0.825. The first-order valence-electron chi connectivity index (χ1n) is 8.62. The summed E-state index contributed by atoms with van der Waals surface area (Å²) in [6.07, 6.45) is 4.15. The second-order valence-electron chi connectivity index (χ2n) is 6.81. The number of aromatic nitrogens is 2. The molecule has 25 heavy (non-hydrogen) atoms. The van der Waals surface area contributed by atoms with E-state index >= 15 is 0 Å². The van der Waals surface area contributed by atoms with Gasteiger partial charge in [0.25, 0.3) is 0 Å². The van der Waals surface area contributed by atoms with E-state index in [-0.39, 0.29) is 5.41 Å². The van der Waals surface area contributed by atoms with E-state index < -0.39 is 0 Å². The third-order valence-corrected chi connectivity index (χ3v) is 5.80. The molecule has 130 valence electrons. The number of thiazole rings is 1. The van der Waals surface area contributed by atoms with Gasteiger partial charge in [0.15, 0.2) is 5.13 Å². The summed E-state index contributed by atoms with van der Waals surface area (Å²) < 4.78 is 5.98. The van der Waals surface area contributed by atoms with E-state index in [1.807, 2.05) is 23.7 Å². The summed E-state index contributed by atoms with van der Waals surface area (Å²) in [7, 11) is 0. The maximum Gasteiger partial charge on any atom is 0.185 e. The SMILES string of the molecule is N#Cc1cccc(N2CCOCC3(CCCN(c4nccs4)C3)C2)n1. The van der Waals surface area contributed by atoms with Crippen LogP contribution in [0.1, 0.15) is 18.5 Å². The summed E-state index contributed by atoms with van der Waals surface area (Å²) in [6, 6.07) is 7.78. The lowest BCUT2D eigenvalue weighted by Crippen LogP contribution is -2.51. The smallest absolute Gasteiger partial charge is 0.185 e. The maximum atomic E-state index is 9.13. The van der Waals surface area contributed by atoms with Gasteiger partial charge >= 0.3 is 0 Å². The van der Waals surface area contributed by atoms with Crippen LogP contribution in [0.2, 0.25) is 0 Å². The average Bonchev–Trinajstić information content (AvgIpc) is 3.12. The molecule has 0 bridgehead atoms. The second-order valence-corrected chi connectivity index (χ2v) is 7.68. The lowest BCUT2D eigenvalue weighted by molar-refractivity contribution is 0.0598. The largest absolute Gasteiger partial charge is 0.379 e. The van der Waals surface area contributed by atoms with Crippen LogP contribution < -0.4 is 9.80 Å². The molecule has 1 atom stereocenters. The van der Waals surface area contributed by atoms with Crippen molar-refractivity contribution in [2.45, 2.75) is 12.8 Å². The van der Waals surface area contributed by atoms with Crippen molar-refractivity contribution in [2.75, 3.05) is 49.2 Å². The fraction of sp³-hybridized carbons (Fsp3) is 0.500. The summed E-state index contributed by atoms with van der Waals surface area (Å²) >= 11 is 1.70. The predicted molar refractivity (Wildman–Crippen MR) is 98.0 cm³/mol. The molecule has 2 aliphatic rings. The van der Waals surface area contributed by atoms with E-state index in [1.54, 1.807) is 17.4 Å². The van der Waals surface area contributed by atoms with Crippen LogP contribution in [0.3, 0.4) is 0 Å². The monoisotopic (exact) mass is 355 g/mol. The maximum absolute atomic E-state index is 9.13. The Morgan fingerprint density at radius 2 is 2.16 bits per heavy atom. The summed E-state index contributed by atoms with van der Waals surface area (Å²) in [6.45, 7) is 5.17. The van der Waals surface area contributed by atoms with Crippen LogP contribution in [0.15, 0.2) is 29.8 Å². The number of hydrogen-bond acceptors (Lipinski definition) is 7. The van der Waals surface area contributed by atoms with Gasteiger partial charge in [-0.25, -0.2) is 9.97 Å². The molecule has 2 fully saturated rings. The molecule has 1 unspecified atom stereocenters. The van der Waals surface area contributed by atoms with Gasteiger partial charge in [-0.05, 0) is 25.0 Å². The minimum Gasteiger partial charge on any atom is -0.379 e. The molecule has 0 aromatic carbocycles. The second kappa shape index (κ2) is 6.98. The number of nitrogens with zero attached hydrogens (tertiary/aromatic N) is 5. The molecule has 0 amide bonds. The van der Waals surface area contributed by atoms with Crippen molar-refractivity contribution in [1.82, 2.24) is 9.97 Å². The van der Waals surface area contributed by atoms with Crippen molar-refractivity contribution in [1.29, 1.82) is 5.26 Å². The van der Waals surface area contributed by atoms with Gasteiger partial charge in [0.05, 0.1) is 13.2 Å². The van der Waals surface area contributed by atoms with E-state index in [4.69, 9.17) is 10.00 Å². The molecule has 2 aliphatic heterocycles. The Labute approximate surface area is 151 Å². The minimum absolute atomic E-state index is 0.0742. The van der Waals surface area contributed by atoms with Crippen LogP contribution in [-0.4, -0.2) is 49.4 Å². The number of rotatable bonds is 2. The van der Waals surface area contributed by atoms with Gasteiger partial charge in [0, 0.05) is 43.2 Å². The van der Waals surface area contributed by atoms with Crippen molar-refractivity contribution in [3.8, 4) is 6.07 Å². The van der Waals surface area contributed by atoms with Gasteiger partial charge in [-0.1, -0.05) is 6.07 Å². The lowest BCUT2D eigenvalue weighted by Gasteiger charge is -2.43. The fourth-order valence-corrected chi connectivity index (χ4v) is 4.51. The van der Waals surface area contributed by atoms with Crippen LogP contribution in [0.4, 0.5) is 10.9 Å². The van der Waals surface area contributed by atoms with Gasteiger partial charge in [-0.2, -0.15) is 5.26 Å². The number of pyridine rings is 1. The summed E-state index contributed by atoms with van der Waals surface area (Å²) in [5.41, 5.74) is 0.537. The van der Waals surface area contributed by atoms with Crippen molar-refractivity contribution in [3.05, 3.63) is 35.5 Å². The third-order valence-electron chi connectivity index (χ3n) is 4.96. The van der Waals surface area contributed by atoms with Gasteiger partial charge in [-0.15, -0.1) is 11.3 Å². The molecule has 2 aromatic heterocycles. The van der Waals surface area contributed by atoms with Gasteiger partial charge < -0.3 is 14.5 Å². The Kier molecular flexibility index (Phi) is 4.55. The zero-order valence-corrected chi connectivity index (χ0v) is 14.9. The van der Waals surface area contributed by atoms with Crippen LogP contribution >= 0.6 is 11.3 Å². The molecule has 1 spiro atoms. The van der Waals surface area contributed by atoms with Gasteiger partial charge in [0.2, 0.25) is 0 Å². The van der Waals surface area contributed by atoms with Crippen molar-refractivity contribution >= 4 is 22.3 Å². The number of nitriles is 1. The molecule has 7 heteroatoms. The highest BCUT2D eigenvalue weighted by molar-refractivity contribution is 7.13. The number of ether oxygens (including phenoxy) is 1. The highest BCUT2D eigenvalue weighted by Gasteiger charge is 2.40. The molecule has 2 aromatic rings. The first-order chi connectivity index (χ1) is 12.3. The van der Waals surface area contributed by atoms with Crippen LogP contribution in [0, 0.1) is 16.7 Å². The summed E-state index contributed by atoms with van der Waals surface area (Å²) in [5, 5.41) is 12.3. The average molecular weight is 355 g/mol. The molecule has 0 aliphatic carbocycles. The van der Waals surface area contributed by atoms with Crippen molar-refractivity contribution in [2.24, 2.45) is 5.41 Å². The highest BCUT2D eigenvalue weighted by atomic mass is 32.1. The number of anilines is 2. The van der Waals surface area contributed by atoms with Gasteiger partial charge in [-0.3, -0.25) is 0 Å². The molecule has 6 nitrogen and oxygen atoms in total. The molecule has 0 saturated carbocycles. The Morgan fingerprint density at radius 1 is 1.24 bits per heavy atom. The van der Waals surface area contributed by atoms with Crippen molar-refractivity contribution in [3.63, 3.8) is 0 Å². The van der Waals surface area contributed by atoms with Crippen LogP contribution in [0.25, 0.3) is 0 Å². The highest BCUT2D eigenvalue weighted by Crippen LogP contribution is 2.36. The summed E-state index contributed by atoms with van der Waals surface area (Å²) in [5.74, 6) is 0.871. The molecular weight excluding hydrogens is 334 g/mol. The zero-order chi connectivity index (χ0) is 17.1. The first-order valence-corrected chi connectivity index (χ1v) is 9.50. The Bertz CT molecular complexity index is 759. The van der Waals surface area contributed by atoms with Crippen molar-refractivity contribution < 1.29 is 4.74 Å². The standard InChI is InChI=1S/C18H21N5OS/c19-11-15-3-1-4-16(21-15)22-8-9-24-14-18(12-22)5-2-7-23(13-18)17-20-6-10-25-17/h1,3-4,6,10H,2,5,7-9,12-14H2. The third kappa shape index (κ3) is 3.46. The fourth-order valence-electron chi connectivity index (χ4n) is 3.84. The van der Waals surface area contributed by atoms with E-state index in [2.05, 4.69) is 25.8 Å². The molecule has 2 saturated heterocycles. The molecule has 0 N–H and O–H groups in total. The molecule has 4 heterocycles. The molecule has 0 radical (unpaired) electrons. The first kappa shape index (κ1) is 16.3. The van der Waals surface area contributed by atoms with Crippen LogP contribution in [-0.2, 0) is 4.74 Å². The van der Waals surface area contributed by atoms with Crippen LogP contribution in [0.5, 0.6) is 0 Å². The van der Waals surface area contributed by atoms with E-state index in [1.165, 1.54) is 0 Å². The minimum atomic E-state index is 0.0742. The number of hydrogen-bond donors (Lipinski definition) is 0. The Morgan fingerprint density at radius 3 is 3.00 bits per heavy atom. The lowest BCUT2D eigenvalue weighted by atomic mass is 9.80. The van der Waals surface area contributed by atoms with Gasteiger partial charge in [0.1, 0.15) is 17.6 Å². The Balaban J connectivity index is 1.57. The Hall–Kier alpha value is -2.17. The predicted octanol–water partition coefficient (Wildman–Crippen LogP) is 2.53. The van der Waals surface area contributed by atoms with E-state index in [0.29, 0.717) is 12.3 Å². The van der Waals surface area contributed by atoms with E-state index in [0.717, 1.165) is 56.6 Å². The molecular formula is C18H21N5OS. The normalized spacial score (nSPS) is 24.1. The topological polar surface area (TPSA) is 65.3 Å².